The first-order chi connectivity index (χ1) is 16.5. The van der Waals surface area contributed by atoms with Gasteiger partial charge in [-0.25, -0.2) is 5.43 Å². The van der Waals surface area contributed by atoms with Crippen LogP contribution in [0.15, 0.2) is 36.0 Å². The van der Waals surface area contributed by atoms with Gasteiger partial charge in [0.1, 0.15) is 12.2 Å². The monoisotopic (exact) mass is 470 g/mol. The van der Waals surface area contributed by atoms with Gasteiger partial charge in [0.2, 0.25) is 5.91 Å². The number of aliphatic hydroxyl groups excluding tert-OH is 1. The van der Waals surface area contributed by atoms with Crippen molar-refractivity contribution in [3.63, 3.8) is 0 Å². The van der Waals surface area contributed by atoms with E-state index in [4.69, 9.17) is 0 Å². The highest BCUT2D eigenvalue weighted by Crippen LogP contribution is 2.32. The zero-order valence-electron chi connectivity index (χ0n) is 21.3. The Labute approximate surface area is 204 Å². The molecule has 2 N–H and O–H groups in total. The van der Waals surface area contributed by atoms with E-state index in [1.165, 1.54) is 5.56 Å². The number of aliphatic hydroxyl groups is 1. The van der Waals surface area contributed by atoms with Crippen molar-refractivity contribution in [3.05, 3.63) is 47.2 Å². The van der Waals surface area contributed by atoms with E-state index in [-0.39, 0.29) is 43.0 Å². The Morgan fingerprint density at radius 2 is 1.88 bits per heavy atom. The van der Waals surface area contributed by atoms with Crippen molar-refractivity contribution in [1.82, 2.24) is 20.2 Å². The lowest BCUT2D eigenvalue weighted by Gasteiger charge is -2.41. The number of hydrazine groups is 1. The number of nitrogens with zero attached hydrogens (tertiary/aromatic N) is 3. The van der Waals surface area contributed by atoms with Gasteiger partial charge in [-0.1, -0.05) is 69.9 Å². The maximum atomic E-state index is 13.3. The molecule has 2 amide bonds. The van der Waals surface area contributed by atoms with Gasteiger partial charge in [0.25, 0.3) is 5.91 Å². The summed E-state index contributed by atoms with van der Waals surface area (Å²) in [5.41, 5.74) is 6.55. The maximum Gasteiger partial charge on any atom is 0.271 e. The maximum absolute atomic E-state index is 13.3. The predicted molar refractivity (Wildman–Crippen MR) is 135 cm³/mol. The van der Waals surface area contributed by atoms with Crippen LogP contribution in [0.5, 0.6) is 0 Å². The molecule has 3 aliphatic rings. The molecule has 0 radical (unpaired) electrons. The molecule has 7 nitrogen and oxygen atoms in total. The lowest BCUT2D eigenvalue weighted by molar-refractivity contribution is -0.142. The number of benzene rings is 1. The van der Waals surface area contributed by atoms with Crippen molar-refractivity contribution in [3.8, 4) is 0 Å². The van der Waals surface area contributed by atoms with Gasteiger partial charge in [-0.3, -0.25) is 14.6 Å². The van der Waals surface area contributed by atoms with Crippen molar-refractivity contribution in [2.75, 3.05) is 32.8 Å². The van der Waals surface area contributed by atoms with Crippen LogP contribution in [0.1, 0.15) is 70.0 Å². The molecule has 34 heavy (non-hydrogen) atoms. The third kappa shape index (κ3) is 5.99. The van der Waals surface area contributed by atoms with Crippen LogP contribution in [0, 0.1) is 12.8 Å². The fraction of sp³-hybridized carbons (Fsp3) is 0.630. The standard InChI is InChI=1S/C25H36N4O3.C2H6/c1-3-4-5-6-21-15-28(16-24(31)27-12-11-19(14-27)17-30)25(32)23-13-22(26-29(21)23)20-9-7-18(2)8-10-20;1-2/h7-10,13,19,21-22,26,30H,3-6,11-12,14-17H2,1-2H3;1-2H3. The van der Waals surface area contributed by atoms with E-state index in [0.29, 0.717) is 25.3 Å². The lowest BCUT2D eigenvalue weighted by Crippen LogP contribution is -2.58. The van der Waals surface area contributed by atoms with E-state index in [1.54, 1.807) is 9.80 Å². The Balaban J connectivity index is 0.00000158. The summed E-state index contributed by atoms with van der Waals surface area (Å²) in [5.74, 6) is 0.0621. The van der Waals surface area contributed by atoms with Gasteiger partial charge in [-0.05, 0) is 31.4 Å². The number of fused-ring (bicyclic) bond motifs is 1. The van der Waals surface area contributed by atoms with Crippen molar-refractivity contribution < 1.29 is 14.7 Å². The first kappa shape index (κ1) is 26.2. The Hall–Kier alpha value is -2.38. The van der Waals surface area contributed by atoms with Crippen molar-refractivity contribution in [2.45, 2.75) is 71.9 Å². The molecular formula is C27H42N4O3. The van der Waals surface area contributed by atoms with E-state index in [9.17, 15) is 14.7 Å². The highest BCUT2D eigenvalue weighted by molar-refractivity contribution is 5.96. The molecule has 2 saturated heterocycles. The fourth-order valence-electron chi connectivity index (χ4n) is 4.95. The van der Waals surface area contributed by atoms with Gasteiger partial charge in [0, 0.05) is 32.2 Å². The number of nitrogens with one attached hydrogen (secondary N) is 1. The molecule has 4 rings (SSSR count). The highest BCUT2D eigenvalue weighted by Gasteiger charge is 2.41. The van der Waals surface area contributed by atoms with E-state index < -0.39 is 0 Å². The molecule has 1 aromatic carbocycles. The molecule has 1 aromatic rings. The second-order valence-corrected chi connectivity index (χ2v) is 9.45. The molecule has 0 aromatic heterocycles. The van der Waals surface area contributed by atoms with E-state index in [2.05, 4.69) is 48.5 Å². The van der Waals surface area contributed by atoms with Crippen molar-refractivity contribution in [1.29, 1.82) is 0 Å². The number of piperazine rings is 1. The van der Waals surface area contributed by atoms with Crippen LogP contribution in [-0.4, -0.2) is 70.6 Å². The molecule has 3 atom stereocenters. The van der Waals surface area contributed by atoms with Crippen LogP contribution in [0.2, 0.25) is 0 Å². The van der Waals surface area contributed by atoms with Gasteiger partial charge in [0.05, 0.1) is 12.1 Å². The Bertz CT molecular complexity index is 854. The highest BCUT2D eigenvalue weighted by atomic mass is 16.3. The Morgan fingerprint density at radius 1 is 1.15 bits per heavy atom. The molecule has 0 aliphatic carbocycles. The SMILES string of the molecule is CC.CCCCCC1CN(CC(=O)N2CCC(CO)C2)C(=O)C2=CC(c3ccc(C)cc3)NN21. The molecular weight excluding hydrogens is 428 g/mol. The van der Waals surface area contributed by atoms with Crippen molar-refractivity contribution >= 4 is 11.8 Å². The second kappa shape index (κ2) is 12.4. The number of hydrogen-bond donors (Lipinski definition) is 2. The topological polar surface area (TPSA) is 76.1 Å². The average molecular weight is 471 g/mol. The molecule has 7 heteroatoms. The zero-order chi connectivity index (χ0) is 24.7. The Morgan fingerprint density at radius 3 is 2.53 bits per heavy atom. The predicted octanol–water partition coefficient (Wildman–Crippen LogP) is 3.40. The molecule has 0 spiro atoms. The van der Waals surface area contributed by atoms with Gasteiger partial charge < -0.3 is 14.9 Å². The largest absolute Gasteiger partial charge is 0.396 e. The van der Waals surface area contributed by atoms with Crippen LogP contribution in [0.3, 0.4) is 0 Å². The first-order valence-electron chi connectivity index (χ1n) is 13.0. The number of carbonyl (C=O) groups is 2. The summed E-state index contributed by atoms with van der Waals surface area (Å²) in [7, 11) is 0. The number of carbonyl (C=O) groups excluding carboxylic acids is 2. The molecule has 0 saturated carbocycles. The zero-order valence-corrected chi connectivity index (χ0v) is 21.3. The number of rotatable bonds is 8. The summed E-state index contributed by atoms with van der Waals surface area (Å²) in [4.78, 5) is 29.8. The molecule has 188 valence electrons. The molecule has 2 fully saturated rings. The van der Waals surface area contributed by atoms with Gasteiger partial charge in [-0.15, -0.1) is 0 Å². The summed E-state index contributed by atoms with van der Waals surface area (Å²) in [6, 6.07) is 8.50. The van der Waals surface area contributed by atoms with Crippen LogP contribution < -0.4 is 5.43 Å². The Kier molecular flexibility index (Phi) is 9.54. The lowest BCUT2D eigenvalue weighted by atomic mass is 10.0. The van der Waals surface area contributed by atoms with Crippen LogP contribution in [0.4, 0.5) is 0 Å². The van der Waals surface area contributed by atoms with Crippen LogP contribution in [-0.2, 0) is 9.59 Å². The minimum atomic E-state index is -0.0786. The fourth-order valence-corrected chi connectivity index (χ4v) is 4.95. The van der Waals surface area contributed by atoms with Gasteiger partial charge in [0.15, 0.2) is 0 Å². The summed E-state index contributed by atoms with van der Waals surface area (Å²) >= 11 is 0. The van der Waals surface area contributed by atoms with Crippen LogP contribution in [0.25, 0.3) is 0 Å². The normalized spacial score (nSPS) is 24.0. The summed E-state index contributed by atoms with van der Waals surface area (Å²) in [6.45, 7) is 10.3. The van der Waals surface area contributed by atoms with E-state index >= 15 is 0 Å². The summed E-state index contributed by atoms with van der Waals surface area (Å²) < 4.78 is 0. The van der Waals surface area contributed by atoms with Crippen LogP contribution >= 0.6 is 0 Å². The quantitative estimate of drug-likeness (QED) is 0.570. The van der Waals surface area contributed by atoms with E-state index in [1.807, 2.05) is 19.9 Å². The molecule has 3 aliphatic heterocycles. The smallest absolute Gasteiger partial charge is 0.271 e. The molecule has 3 unspecified atom stereocenters. The minimum Gasteiger partial charge on any atom is -0.396 e. The summed E-state index contributed by atoms with van der Waals surface area (Å²) in [6.07, 6.45) is 7.23. The van der Waals surface area contributed by atoms with Crippen molar-refractivity contribution in [2.24, 2.45) is 5.92 Å². The van der Waals surface area contributed by atoms with Gasteiger partial charge in [-0.2, -0.15) is 0 Å². The van der Waals surface area contributed by atoms with Gasteiger partial charge >= 0.3 is 0 Å². The molecule has 3 heterocycles. The summed E-state index contributed by atoms with van der Waals surface area (Å²) in [5, 5.41) is 11.4. The first-order valence-corrected chi connectivity index (χ1v) is 13.0. The minimum absolute atomic E-state index is 0.0169. The number of amides is 2. The third-order valence-electron chi connectivity index (χ3n) is 6.97. The number of hydrogen-bond acceptors (Lipinski definition) is 5. The number of unbranched alkanes of at least 4 members (excludes halogenated alkanes) is 2. The average Bonchev–Trinajstić information content (AvgIpc) is 3.52. The molecule has 0 bridgehead atoms. The second-order valence-electron chi connectivity index (χ2n) is 9.45. The van der Waals surface area contributed by atoms with E-state index in [0.717, 1.165) is 37.7 Å². The number of aryl methyl sites for hydroxylation is 1. The number of likely N-dealkylation sites (tertiary alicyclic amines) is 1. The third-order valence-corrected chi connectivity index (χ3v) is 6.97.